The Hall–Kier alpha value is -2.43. The van der Waals surface area contributed by atoms with Gasteiger partial charge in [-0.3, -0.25) is 4.98 Å². The zero-order chi connectivity index (χ0) is 13.8. The summed E-state index contributed by atoms with van der Waals surface area (Å²) in [6.07, 6.45) is 2.87. The van der Waals surface area contributed by atoms with Crippen LogP contribution in [0.3, 0.4) is 0 Å². The molecule has 1 aromatic heterocycles. The minimum absolute atomic E-state index is 0.0694. The maximum atomic E-state index is 10.8. The molecule has 0 fully saturated rings. The van der Waals surface area contributed by atoms with Gasteiger partial charge in [-0.1, -0.05) is 0 Å². The van der Waals surface area contributed by atoms with Gasteiger partial charge in [0.05, 0.1) is 24.2 Å². The second kappa shape index (κ2) is 5.48. The smallest absolute Gasteiger partial charge is 0.356 e. The van der Waals surface area contributed by atoms with Gasteiger partial charge in [0.15, 0.2) is 5.69 Å². The van der Waals surface area contributed by atoms with Crippen molar-refractivity contribution < 1.29 is 14.6 Å². The maximum absolute atomic E-state index is 10.8. The number of rotatable bonds is 4. The number of carboxylic acid groups (broad SMARTS) is 1. The molecule has 0 amide bonds. The first kappa shape index (κ1) is 13.0. The number of carboxylic acids is 1. The molecule has 5 nitrogen and oxygen atoms in total. The maximum Gasteiger partial charge on any atom is 0.356 e. The van der Waals surface area contributed by atoms with Crippen LogP contribution in [0.4, 0.5) is 0 Å². The van der Waals surface area contributed by atoms with Crippen LogP contribution < -0.4 is 4.74 Å². The molecule has 0 aliphatic carbocycles. The van der Waals surface area contributed by atoms with E-state index in [1.807, 2.05) is 38.1 Å². The zero-order valence-corrected chi connectivity index (χ0v) is 10.7. The van der Waals surface area contributed by atoms with Crippen LogP contribution in [0.1, 0.15) is 24.3 Å². The largest absolute Gasteiger partial charge is 0.491 e. The number of aromatic carboxylic acids is 1. The number of hydrogen-bond donors (Lipinski definition) is 1. The lowest BCUT2D eigenvalue weighted by molar-refractivity contribution is 0.0690. The van der Waals surface area contributed by atoms with Gasteiger partial charge in [0.25, 0.3) is 0 Å². The molecule has 0 saturated heterocycles. The predicted octanol–water partition coefficient (Wildman–Crippen LogP) is 2.63. The van der Waals surface area contributed by atoms with Gasteiger partial charge in [-0.05, 0) is 38.1 Å². The summed E-state index contributed by atoms with van der Waals surface area (Å²) < 4.78 is 5.54. The molecule has 1 aromatic carbocycles. The van der Waals surface area contributed by atoms with Crippen molar-refractivity contribution in [1.29, 1.82) is 0 Å². The first-order valence-electron chi connectivity index (χ1n) is 5.88. The van der Waals surface area contributed by atoms with Crippen LogP contribution >= 0.6 is 0 Å². The number of aromatic nitrogens is 2. The molecular formula is C14H14N2O3. The summed E-state index contributed by atoms with van der Waals surface area (Å²) in [5.74, 6) is -0.324. The zero-order valence-electron chi connectivity index (χ0n) is 10.7. The van der Waals surface area contributed by atoms with E-state index in [0.29, 0.717) is 5.69 Å². The lowest BCUT2D eigenvalue weighted by atomic mass is 10.1. The van der Waals surface area contributed by atoms with Crippen molar-refractivity contribution in [2.75, 3.05) is 0 Å². The molecule has 0 radical (unpaired) electrons. The Morgan fingerprint density at radius 1 is 1.21 bits per heavy atom. The van der Waals surface area contributed by atoms with Crippen LogP contribution in [0.15, 0.2) is 36.7 Å². The molecule has 19 heavy (non-hydrogen) atoms. The van der Waals surface area contributed by atoms with Gasteiger partial charge in [0.1, 0.15) is 5.75 Å². The predicted molar refractivity (Wildman–Crippen MR) is 70.2 cm³/mol. The van der Waals surface area contributed by atoms with E-state index in [9.17, 15) is 4.79 Å². The summed E-state index contributed by atoms with van der Waals surface area (Å²) in [5, 5.41) is 8.88. The highest BCUT2D eigenvalue weighted by molar-refractivity contribution is 5.85. The Morgan fingerprint density at radius 3 is 2.47 bits per heavy atom. The number of benzene rings is 1. The molecule has 1 heterocycles. The minimum Gasteiger partial charge on any atom is -0.491 e. The third kappa shape index (κ3) is 3.28. The third-order valence-electron chi connectivity index (χ3n) is 2.38. The monoisotopic (exact) mass is 258 g/mol. The number of carbonyl (C=O) groups is 1. The summed E-state index contributed by atoms with van der Waals surface area (Å²) in [6.45, 7) is 3.91. The van der Waals surface area contributed by atoms with Crippen LogP contribution in [-0.4, -0.2) is 27.1 Å². The van der Waals surface area contributed by atoms with E-state index in [-0.39, 0.29) is 11.8 Å². The normalized spacial score (nSPS) is 10.5. The van der Waals surface area contributed by atoms with Crippen molar-refractivity contribution in [2.45, 2.75) is 20.0 Å². The van der Waals surface area contributed by atoms with Gasteiger partial charge in [-0.2, -0.15) is 0 Å². The molecule has 0 aliphatic rings. The van der Waals surface area contributed by atoms with E-state index in [4.69, 9.17) is 9.84 Å². The van der Waals surface area contributed by atoms with Gasteiger partial charge in [0, 0.05) is 5.56 Å². The van der Waals surface area contributed by atoms with Crippen molar-refractivity contribution in [1.82, 2.24) is 9.97 Å². The Balaban J connectivity index is 2.27. The molecule has 5 heteroatoms. The SMILES string of the molecule is CC(C)Oc1ccc(-c2cncc(C(=O)O)n2)cc1. The van der Waals surface area contributed by atoms with Crippen molar-refractivity contribution in [3.8, 4) is 17.0 Å². The fourth-order valence-electron chi connectivity index (χ4n) is 1.58. The van der Waals surface area contributed by atoms with E-state index in [2.05, 4.69) is 9.97 Å². The van der Waals surface area contributed by atoms with Gasteiger partial charge in [-0.25, -0.2) is 9.78 Å². The van der Waals surface area contributed by atoms with E-state index in [0.717, 1.165) is 11.3 Å². The second-order valence-electron chi connectivity index (χ2n) is 4.29. The Morgan fingerprint density at radius 2 is 1.89 bits per heavy atom. The first-order valence-corrected chi connectivity index (χ1v) is 5.88. The van der Waals surface area contributed by atoms with Gasteiger partial charge in [-0.15, -0.1) is 0 Å². The Kier molecular flexibility index (Phi) is 3.75. The summed E-state index contributed by atoms with van der Waals surface area (Å²) in [4.78, 5) is 18.7. The highest BCUT2D eigenvalue weighted by Gasteiger charge is 2.08. The topological polar surface area (TPSA) is 72.3 Å². The van der Waals surface area contributed by atoms with E-state index < -0.39 is 5.97 Å². The molecule has 0 unspecified atom stereocenters. The molecule has 2 aromatic rings. The standard InChI is InChI=1S/C14H14N2O3/c1-9(2)19-11-5-3-10(4-6-11)12-7-15-8-13(16-12)14(17)18/h3-9H,1-2H3,(H,17,18). The van der Waals surface area contributed by atoms with Crippen LogP contribution in [-0.2, 0) is 0 Å². The lowest BCUT2D eigenvalue weighted by Crippen LogP contribution is -2.05. The molecule has 0 saturated carbocycles. The van der Waals surface area contributed by atoms with E-state index in [1.54, 1.807) is 0 Å². The second-order valence-corrected chi connectivity index (χ2v) is 4.29. The minimum atomic E-state index is -1.09. The summed E-state index contributed by atoms with van der Waals surface area (Å²) >= 11 is 0. The van der Waals surface area contributed by atoms with Crippen molar-refractivity contribution in [3.05, 3.63) is 42.4 Å². The third-order valence-corrected chi connectivity index (χ3v) is 2.38. The molecular weight excluding hydrogens is 244 g/mol. The number of nitrogens with zero attached hydrogens (tertiary/aromatic N) is 2. The van der Waals surface area contributed by atoms with E-state index >= 15 is 0 Å². The molecule has 0 atom stereocenters. The molecule has 0 spiro atoms. The highest BCUT2D eigenvalue weighted by Crippen LogP contribution is 2.21. The molecule has 0 aliphatic heterocycles. The van der Waals surface area contributed by atoms with Gasteiger partial charge >= 0.3 is 5.97 Å². The van der Waals surface area contributed by atoms with Crippen LogP contribution in [0.2, 0.25) is 0 Å². The number of hydrogen-bond acceptors (Lipinski definition) is 4. The summed E-state index contributed by atoms with van der Waals surface area (Å²) in [6, 6.07) is 7.30. The average molecular weight is 258 g/mol. The van der Waals surface area contributed by atoms with Gasteiger partial charge in [0.2, 0.25) is 0 Å². The van der Waals surface area contributed by atoms with E-state index in [1.165, 1.54) is 12.4 Å². The molecule has 98 valence electrons. The van der Waals surface area contributed by atoms with Crippen molar-refractivity contribution >= 4 is 5.97 Å². The first-order chi connectivity index (χ1) is 9.06. The highest BCUT2D eigenvalue weighted by atomic mass is 16.5. The summed E-state index contributed by atoms with van der Waals surface area (Å²) in [5.41, 5.74) is 1.25. The van der Waals surface area contributed by atoms with Crippen molar-refractivity contribution in [2.24, 2.45) is 0 Å². The van der Waals surface area contributed by atoms with Crippen LogP contribution in [0.25, 0.3) is 11.3 Å². The number of ether oxygens (including phenoxy) is 1. The van der Waals surface area contributed by atoms with Crippen LogP contribution in [0, 0.1) is 0 Å². The molecule has 1 N–H and O–H groups in total. The Labute approximate surface area is 110 Å². The molecule has 0 bridgehead atoms. The Bertz CT molecular complexity index is 579. The van der Waals surface area contributed by atoms with Gasteiger partial charge < -0.3 is 9.84 Å². The molecule has 2 rings (SSSR count). The quantitative estimate of drug-likeness (QED) is 0.912. The van der Waals surface area contributed by atoms with Crippen molar-refractivity contribution in [3.63, 3.8) is 0 Å². The summed E-state index contributed by atoms with van der Waals surface area (Å²) in [7, 11) is 0. The fourth-order valence-corrected chi connectivity index (χ4v) is 1.58. The lowest BCUT2D eigenvalue weighted by Gasteiger charge is -2.09. The average Bonchev–Trinajstić information content (AvgIpc) is 2.39. The van der Waals surface area contributed by atoms with Crippen LogP contribution in [0.5, 0.6) is 5.75 Å². The fraction of sp³-hybridized carbons (Fsp3) is 0.214.